The van der Waals surface area contributed by atoms with Gasteiger partial charge in [0.25, 0.3) is 15.7 Å². The van der Waals surface area contributed by atoms with Crippen molar-refractivity contribution < 1.29 is 17.7 Å². The Balaban J connectivity index is 2.60. The van der Waals surface area contributed by atoms with Crippen LogP contribution in [0, 0.1) is 15.9 Å². The van der Waals surface area contributed by atoms with Gasteiger partial charge in [0.1, 0.15) is 5.82 Å². The third-order valence-electron chi connectivity index (χ3n) is 3.09. The average Bonchev–Trinajstić information content (AvgIpc) is 2.49. The molecule has 0 heterocycles. The first-order valence-corrected chi connectivity index (χ1v) is 8.31. The van der Waals surface area contributed by atoms with Crippen LogP contribution in [0.4, 0.5) is 15.8 Å². The molecular weight excluding hydrogens is 347 g/mol. The molecule has 0 saturated carbocycles. The van der Waals surface area contributed by atoms with Crippen LogP contribution in [0.1, 0.15) is 6.92 Å². The van der Waals surface area contributed by atoms with Crippen LogP contribution >= 0.6 is 11.6 Å². The van der Waals surface area contributed by atoms with Crippen molar-refractivity contribution in [3.8, 4) is 0 Å². The second-order valence-electron chi connectivity index (χ2n) is 4.52. The highest BCUT2D eigenvalue weighted by atomic mass is 35.5. The number of hydrogen-bond acceptors (Lipinski definition) is 4. The summed E-state index contributed by atoms with van der Waals surface area (Å²) < 4.78 is 39.5. The fraction of sp³-hybridized carbons (Fsp3) is 0.143. The first-order chi connectivity index (χ1) is 10.8. The van der Waals surface area contributed by atoms with Crippen LogP contribution < -0.4 is 4.31 Å². The van der Waals surface area contributed by atoms with E-state index in [-0.39, 0.29) is 17.3 Å². The van der Waals surface area contributed by atoms with Crippen molar-refractivity contribution in [1.29, 1.82) is 0 Å². The molecule has 6 nitrogen and oxygen atoms in total. The summed E-state index contributed by atoms with van der Waals surface area (Å²) in [5, 5.41) is 11.2. The SMILES string of the molecule is CCN(c1ccc(F)cc1)S(=O)(=O)c1ccc(Cl)cc1[N+](=O)[O-]. The lowest BCUT2D eigenvalue weighted by Gasteiger charge is -2.22. The number of nitro benzene ring substituents is 1. The maximum atomic E-state index is 13.0. The second-order valence-corrected chi connectivity index (χ2v) is 6.78. The topological polar surface area (TPSA) is 80.5 Å². The van der Waals surface area contributed by atoms with Crippen LogP contribution in [0.15, 0.2) is 47.4 Å². The minimum atomic E-state index is -4.20. The van der Waals surface area contributed by atoms with Crippen molar-refractivity contribution >= 4 is 33.0 Å². The van der Waals surface area contributed by atoms with E-state index in [1.165, 1.54) is 18.2 Å². The molecule has 0 N–H and O–H groups in total. The number of halogens is 2. The molecule has 0 aliphatic heterocycles. The molecule has 122 valence electrons. The van der Waals surface area contributed by atoms with Gasteiger partial charge in [0.2, 0.25) is 0 Å². The fourth-order valence-corrected chi connectivity index (χ4v) is 3.85. The molecule has 2 aromatic rings. The van der Waals surface area contributed by atoms with E-state index in [1.54, 1.807) is 6.92 Å². The van der Waals surface area contributed by atoms with E-state index in [2.05, 4.69) is 0 Å². The van der Waals surface area contributed by atoms with Crippen LogP contribution in [0.5, 0.6) is 0 Å². The summed E-state index contributed by atoms with van der Waals surface area (Å²) >= 11 is 5.70. The molecule has 0 amide bonds. The van der Waals surface area contributed by atoms with Crippen LogP contribution in [0.25, 0.3) is 0 Å². The summed E-state index contributed by atoms with van der Waals surface area (Å²) in [5.74, 6) is -0.514. The molecule has 0 unspecified atom stereocenters. The Morgan fingerprint density at radius 3 is 2.35 bits per heavy atom. The largest absolute Gasteiger partial charge is 0.291 e. The third-order valence-corrected chi connectivity index (χ3v) is 5.27. The van der Waals surface area contributed by atoms with Crippen molar-refractivity contribution in [3.05, 3.63) is 63.4 Å². The molecular formula is C14H12ClFN2O4S. The quantitative estimate of drug-likeness (QED) is 0.604. The first kappa shape index (κ1) is 17.2. The van der Waals surface area contributed by atoms with Gasteiger partial charge in [-0.2, -0.15) is 0 Å². The Labute approximate surface area is 137 Å². The maximum Gasteiger partial charge on any atom is 0.291 e. The van der Waals surface area contributed by atoms with Gasteiger partial charge in [-0.25, -0.2) is 12.8 Å². The summed E-state index contributed by atoms with van der Waals surface area (Å²) in [6.45, 7) is 1.59. The number of anilines is 1. The minimum absolute atomic E-state index is 0.0216. The van der Waals surface area contributed by atoms with Gasteiger partial charge in [0.05, 0.1) is 10.6 Å². The van der Waals surface area contributed by atoms with Gasteiger partial charge in [-0.3, -0.25) is 14.4 Å². The fourth-order valence-electron chi connectivity index (χ4n) is 2.07. The molecule has 0 aromatic heterocycles. The van der Waals surface area contributed by atoms with E-state index >= 15 is 0 Å². The molecule has 0 bridgehead atoms. The zero-order valence-corrected chi connectivity index (χ0v) is 13.5. The van der Waals surface area contributed by atoms with E-state index in [0.717, 1.165) is 28.6 Å². The lowest BCUT2D eigenvalue weighted by molar-refractivity contribution is -0.387. The van der Waals surface area contributed by atoms with Gasteiger partial charge in [-0.15, -0.1) is 0 Å². The molecule has 0 saturated heterocycles. The number of hydrogen-bond donors (Lipinski definition) is 0. The van der Waals surface area contributed by atoms with Crippen LogP contribution in [-0.2, 0) is 10.0 Å². The van der Waals surface area contributed by atoms with Gasteiger partial charge in [0, 0.05) is 17.6 Å². The highest BCUT2D eigenvalue weighted by Crippen LogP contribution is 2.31. The summed E-state index contributed by atoms with van der Waals surface area (Å²) in [4.78, 5) is 9.84. The highest BCUT2D eigenvalue weighted by molar-refractivity contribution is 7.93. The molecule has 0 radical (unpaired) electrons. The number of sulfonamides is 1. The standard InChI is InChI=1S/C14H12ClFN2O4S/c1-2-17(12-6-4-11(16)5-7-12)23(21,22)14-8-3-10(15)9-13(14)18(19)20/h3-9H,2H2,1H3. The Bertz CT molecular complexity index is 840. The molecule has 0 aliphatic carbocycles. The lowest BCUT2D eigenvalue weighted by atomic mass is 10.3. The number of rotatable bonds is 5. The smallest absolute Gasteiger partial charge is 0.266 e. The summed E-state index contributed by atoms with van der Waals surface area (Å²) in [5.41, 5.74) is -0.406. The van der Waals surface area contributed by atoms with Gasteiger partial charge in [0.15, 0.2) is 4.90 Å². The van der Waals surface area contributed by atoms with E-state index in [0.29, 0.717) is 0 Å². The Morgan fingerprint density at radius 1 is 1.22 bits per heavy atom. The van der Waals surface area contributed by atoms with Crippen LogP contribution in [0.3, 0.4) is 0 Å². The average molecular weight is 359 g/mol. The van der Waals surface area contributed by atoms with E-state index < -0.39 is 31.3 Å². The van der Waals surface area contributed by atoms with Crippen LogP contribution in [-0.4, -0.2) is 19.9 Å². The van der Waals surface area contributed by atoms with Crippen molar-refractivity contribution in [3.63, 3.8) is 0 Å². The molecule has 0 fully saturated rings. The maximum absolute atomic E-state index is 13.0. The molecule has 2 aromatic carbocycles. The Kier molecular flexibility index (Phi) is 4.86. The summed E-state index contributed by atoms with van der Waals surface area (Å²) in [7, 11) is -4.20. The van der Waals surface area contributed by atoms with Crippen molar-refractivity contribution in [2.24, 2.45) is 0 Å². The molecule has 0 atom stereocenters. The summed E-state index contributed by atoms with van der Waals surface area (Å²) in [6, 6.07) is 8.14. The Hall–Kier alpha value is -2.19. The zero-order valence-electron chi connectivity index (χ0n) is 11.9. The Morgan fingerprint density at radius 2 is 1.83 bits per heavy atom. The monoisotopic (exact) mass is 358 g/mol. The molecule has 9 heteroatoms. The molecule has 2 rings (SSSR count). The number of benzene rings is 2. The van der Waals surface area contributed by atoms with Gasteiger partial charge >= 0.3 is 0 Å². The third kappa shape index (κ3) is 3.43. The number of nitro groups is 1. The van der Waals surface area contributed by atoms with Gasteiger partial charge in [-0.1, -0.05) is 11.6 Å². The van der Waals surface area contributed by atoms with Crippen molar-refractivity contribution in [2.45, 2.75) is 11.8 Å². The predicted molar refractivity (Wildman–Crippen MR) is 84.7 cm³/mol. The highest BCUT2D eigenvalue weighted by Gasteiger charge is 2.31. The lowest BCUT2D eigenvalue weighted by Crippen LogP contribution is -2.31. The number of nitrogens with zero attached hydrogens (tertiary/aromatic N) is 2. The van der Waals surface area contributed by atoms with Crippen LogP contribution in [0.2, 0.25) is 5.02 Å². The zero-order chi connectivity index (χ0) is 17.2. The predicted octanol–water partition coefficient (Wildman–Crippen LogP) is 3.60. The minimum Gasteiger partial charge on any atom is -0.266 e. The van der Waals surface area contributed by atoms with Gasteiger partial charge < -0.3 is 0 Å². The molecule has 0 spiro atoms. The molecule has 23 heavy (non-hydrogen) atoms. The first-order valence-electron chi connectivity index (χ1n) is 6.49. The summed E-state index contributed by atoms with van der Waals surface area (Å²) in [6.07, 6.45) is 0. The normalized spacial score (nSPS) is 11.3. The second kappa shape index (κ2) is 6.51. The van der Waals surface area contributed by atoms with E-state index in [4.69, 9.17) is 11.6 Å². The van der Waals surface area contributed by atoms with Gasteiger partial charge in [-0.05, 0) is 43.3 Å². The van der Waals surface area contributed by atoms with E-state index in [9.17, 15) is 22.9 Å². The van der Waals surface area contributed by atoms with Crippen molar-refractivity contribution in [1.82, 2.24) is 0 Å². The van der Waals surface area contributed by atoms with E-state index in [1.807, 2.05) is 0 Å². The molecule has 0 aliphatic rings. The van der Waals surface area contributed by atoms with Crippen molar-refractivity contribution in [2.75, 3.05) is 10.8 Å².